The van der Waals surface area contributed by atoms with Gasteiger partial charge in [0, 0.05) is 12.2 Å². The zero-order chi connectivity index (χ0) is 12.0. The lowest BCUT2D eigenvalue weighted by atomic mass is 10.2. The molecule has 2 atom stereocenters. The summed E-state index contributed by atoms with van der Waals surface area (Å²) < 4.78 is 4.92. The number of nitrogens with zero attached hydrogens (tertiary/aromatic N) is 1. The van der Waals surface area contributed by atoms with Gasteiger partial charge in [-0.25, -0.2) is 0 Å². The highest BCUT2D eigenvalue weighted by Crippen LogP contribution is 2.09. The average molecular weight is 222 g/mol. The molecule has 0 unspecified atom stereocenters. The molecule has 0 amide bonds. The Morgan fingerprint density at radius 3 is 2.81 bits per heavy atom. The second-order valence-corrected chi connectivity index (χ2v) is 3.62. The minimum absolute atomic E-state index is 0.0283. The molecule has 0 aliphatic heterocycles. The molecule has 0 radical (unpaired) electrons. The standard InChI is InChI=1S/C12H18N2O2/c1-4-16-12(15)10(3)14-9(2)11-7-5-6-8-13-11/h5-10,14H,4H2,1-3H3/t9-,10+/m1/s1. The number of rotatable bonds is 5. The molecule has 0 saturated heterocycles. The van der Waals surface area contributed by atoms with Crippen molar-refractivity contribution in [1.29, 1.82) is 0 Å². The number of aromatic nitrogens is 1. The van der Waals surface area contributed by atoms with E-state index in [1.54, 1.807) is 20.0 Å². The fourth-order valence-electron chi connectivity index (χ4n) is 1.43. The Balaban J connectivity index is 2.51. The number of esters is 1. The molecule has 1 N–H and O–H groups in total. The molecule has 0 fully saturated rings. The third-order valence-corrected chi connectivity index (χ3v) is 2.27. The van der Waals surface area contributed by atoms with Gasteiger partial charge in [-0.15, -0.1) is 0 Å². The SMILES string of the molecule is CCOC(=O)[C@H](C)N[C@H](C)c1ccccn1. The summed E-state index contributed by atoms with van der Waals surface area (Å²) in [5.74, 6) is -0.231. The topological polar surface area (TPSA) is 51.2 Å². The predicted octanol–water partition coefficient (Wildman–Crippen LogP) is 1.68. The van der Waals surface area contributed by atoms with Crippen LogP contribution in [0.2, 0.25) is 0 Å². The Kier molecular flexibility index (Phi) is 4.92. The van der Waals surface area contributed by atoms with Gasteiger partial charge in [-0.3, -0.25) is 15.1 Å². The number of carbonyl (C=O) groups is 1. The van der Waals surface area contributed by atoms with Gasteiger partial charge in [-0.1, -0.05) is 6.07 Å². The van der Waals surface area contributed by atoms with Crippen LogP contribution in [0.3, 0.4) is 0 Å². The second kappa shape index (κ2) is 6.23. The number of hydrogen-bond donors (Lipinski definition) is 1. The molecule has 4 heteroatoms. The van der Waals surface area contributed by atoms with Crippen LogP contribution in [0, 0.1) is 0 Å². The highest BCUT2D eigenvalue weighted by molar-refractivity contribution is 5.75. The molecular formula is C12H18N2O2. The van der Waals surface area contributed by atoms with Crippen LogP contribution in [0.1, 0.15) is 32.5 Å². The first kappa shape index (κ1) is 12.6. The molecular weight excluding hydrogens is 204 g/mol. The number of ether oxygens (including phenoxy) is 1. The van der Waals surface area contributed by atoms with Crippen LogP contribution < -0.4 is 5.32 Å². The molecule has 0 aliphatic carbocycles. The Morgan fingerprint density at radius 2 is 2.25 bits per heavy atom. The quantitative estimate of drug-likeness (QED) is 0.770. The van der Waals surface area contributed by atoms with Gasteiger partial charge in [0.15, 0.2) is 0 Å². The summed E-state index contributed by atoms with van der Waals surface area (Å²) in [6.45, 7) is 5.96. The van der Waals surface area contributed by atoms with E-state index in [2.05, 4.69) is 10.3 Å². The minimum Gasteiger partial charge on any atom is -0.465 e. The number of hydrogen-bond acceptors (Lipinski definition) is 4. The van der Waals surface area contributed by atoms with Crippen molar-refractivity contribution in [2.24, 2.45) is 0 Å². The third-order valence-electron chi connectivity index (χ3n) is 2.27. The van der Waals surface area contributed by atoms with E-state index < -0.39 is 0 Å². The Morgan fingerprint density at radius 1 is 1.50 bits per heavy atom. The Labute approximate surface area is 96.0 Å². The average Bonchev–Trinajstić information content (AvgIpc) is 2.30. The molecule has 1 aromatic rings. The molecule has 0 spiro atoms. The summed E-state index contributed by atoms with van der Waals surface area (Å²) in [5.41, 5.74) is 0.915. The molecule has 1 heterocycles. The first-order valence-corrected chi connectivity index (χ1v) is 5.48. The van der Waals surface area contributed by atoms with Crippen molar-refractivity contribution in [2.45, 2.75) is 32.9 Å². The van der Waals surface area contributed by atoms with Gasteiger partial charge in [0.05, 0.1) is 12.3 Å². The van der Waals surface area contributed by atoms with Crippen molar-refractivity contribution in [3.05, 3.63) is 30.1 Å². The fraction of sp³-hybridized carbons (Fsp3) is 0.500. The lowest BCUT2D eigenvalue weighted by Crippen LogP contribution is -2.37. The van der Waals surface area contributed by atoms with Crippen molar-refractivity contribution in [3.63, 3.8) is 0 Å². The van der Waals surface area contributed by atoms with E-state index in [-0.39, 0.29) is 18.1 Å². The van der Waals surface area contributed by atoms with Gasteiger partial charge in [0.2, 0.25) is 0 Å². The fourth-order valence-corrected chi connectivity index (χ4v) is 1.43. The summed E-state index contributed by atoms with van der Waals surface area (Å²) in [7, 11) is 0. The van der Waals surface area contributed by atoms with Gasteiger partial charge in [0.25, 0.3) is 0 Å². The molecule has 0 bridgehead atoms. The van der Waals surface area contributed by atoms with E-state index in [0.29, 0.717) is 6.61 Å². The smallest absolute Gasteiger partial charge is 0.322 e. The van der Waals surface area contributed by atoms with E-state index in [1.165, 1.54) is 0 Å². The molecule has 1 aromatic heterocycles. The maximum atomic E-state index is 11.4. The third kappa shape index (κ3) is 3.62. The molecule has 16 heavy (non-hydrogen) atoms. The Hall–Kier alpha value is -1.42. The van der Waals surface area contributed by atoms with Crippen molar-refractivity contribution < 1.29 is 9.53 Å². The highest BCUT2D eigenvalue weighted by Gasteiger charge is 2.17. The van der Waals surface area contributed by atoms with E-state index in [0.717, 1.165) is 5.69 Å². The van der Waals surface area contributed by atoms with Crippen LogP contribution in [0.4, 0.5) is 0 Å². The van der Waals surface area contributed by atoms with Crippen LogP contribution in [-0.4, -0.2) is 23.6 Å². The molecule has 0 aliphatic rings. The maximum absolute atomic E-state index is 11.4. The molecule has 1 rings (SSSR count). The minimum atomic E-state index is -0.322. The first-order chi connectivity index (χ1) is 7.65. The van der Waals surface area contributed by atoms with E-state index in [4.69, 9.17) is 4.74 Å². The lowest BCUT2D eigenvalue weighted by Gasteiger charge is -2.18. The largest absolute Gasteiger partial charge is 0.465 e. The van der Waals surface area contributed by atoms with E-state index in [1.807, 2.05) is 25.1 Å². The molecule has 88 valence electrons. The van der Waals surface area contributed by atoms with Gasteiger partial charge in [-0.05, 0) is 32.9 Å². The van der Waals surface area contributed by atoms with Crippen molar-refractivity contribution in [2.75, 3.05) is 6.61 Å². The van der Waals surface area contributed by atoms with E-state index in [9.17, 15) is 4.79 Å². The summed E-state index contributed by atoms with van der Waals surface area (Å²) >= 11 is 0. The summed E-state index contributed by atoms with van der Waals surface area (Å²) in [6, 6.07) is 5.42. The van der Waals surface area contributed by atoms with Crippen molar-refractivity contribution >= 4 is 5.97 Å². The maximum Gasteiger partial charge on any atom is 0.322 e. The second-order valence-electron chi connectivity index (χ2n) is 3.62. The number of carbonyl (C=O) groups excluding carboxylic acids is 1. The first-order valence-electron chi connectivity index (χ1n) is 5.48. The lowest BCUT2D eigenvalue weighted by molar-refractivity contribution is -0.145. The summed E-state index contributed by atoms with van der Waals surface area (Å²) in [5, 5.41) is 3.14. The normalized spacial score (nSPS) is 14.2. The van der Waals surface area contributed by atoms with Crippen molar-refractivity contribution in [3.8, 4) is 0 Å². The zero-order valence-electron chi connectivity index (χ0n) is 9.93. The molecule has 0 saturated carbocycles. The number of nitrogens with one attached hydrogen (secondary N) is 1. The Bertz CT molecular complexity index is 327. The van der Waals surface area contributed by atoms with Crippen LogP contribution >= 0.6 is 0 Å². The monoisotopic (exact) mass is 222 g/mol. The van der Waals surface area contributed by atoms with Crippen molar-refractivity contribution in [1.82, 2.24) is 10.3 Å². The van der Waals surface area contributed by atoms with Crippen LogP contribution in [0.5, 0.6) is 0 Å². The molecule has 4 nitrogen and oxygen atoms in total. The van der Waals surface area contributed by atoms with Gasteiger partial charge in [0.1, 0.15) is 6.04 Å². The highest BCUT2D eigenvalue weighted by atomic mass is 16.5. The summed E-state index contributed by atoms with van der Waals surface area (Å²) in [4.78, 5) is 15.6. The van der Waals surface area contributed by atoms with Gasteiger partial charge < -0.3 is 4.74 Å². The summed E-state index contributed by atoms with van der Waals surface area (Å²) in [6.07, 6.45) is 1.74. The number of pyridine rings is 1. The zero-order valence-corrected chi connectivity index (χ0v) is 9.93. The predicted molar refractivity (Wildman–Crippen MR) is 61.9 cm³/mol. The van der Waals surface area contributed by atoms with Gasteiger partial charge in [-0.2, -0.15) is 0 Å². The van der Waals surface area contributed by atoms with Crippen LogP contribution in [-0.2, 0) is 9.53 Å². The van der Waals surface area contributed by atoms with E-state index >= 15 is 0 Å². The van der Waals surface area contributed by atoms with Crippen LogP contribution in [0.15, 0.2) is 24.4 Å². The van der Waals surface area contributed by atoms with Crippen LogP contribution in [0.25, 0.3) is 0 Å². The van der Waals surface area contributed by atoms with Gasteiger partial charge >= 0.3 is 5.97 Å². The molecule has 0 aromatic carbocycles.